The van der Waals surface area contributed by atoms with E-state index in [9.17, 15) is 18.3 Å². The smallest absolute Gasteiger partial charge is 0.336 e. The Bertz CT molecular complexity index is 888. The lowest BCUT2D eigenvalue weighted by atomic mass is 9.95. The number of sulfonamides is 1. The van der Waals surface area contributed by atoms with Crippen LogP contribution in [-0.2, 0) is 24.3 Å². The van der Waals surface area contributed by atoms with Crippen LogP contribution in [0.25, 0.3) is 0 Å². The molecule has 0 aliphatic carbocycles. The van der Waals surface area contributed by atoms with E-state index < -0.39 is 28.0 Å². The number of aliphatic hydroxyl groups is 1. The first-order valence-electron chi connectivity index (χ1n) is 8.12. The lowest BCUT2D eigenvalue weighted by Gasteiger charge is -2.21. The molecule has 0 bridgehead atoms. The number of hydrogen-bond donors (Lipinski definition) is 1. The first kappa shape index (κ1) is 21.1. The Hall–Kier alpha value is -2.23. The predicted molar refractivity (Wildman–Crippen MR) is 103 cm³/mol. The fourth-order valence-electron chi connectivity index (χ4n) is 2.38. The molecular formula is C18H21NO6S2. The highest BCUT2D eigenvalue weighted by atomic mass is 32.2. The number of methoxy groups -OCH3 is 1. The maximum absolute atomic E-state index is 12.6. The second-order valence-corrected chi connectivity index (χ2v) is 8.04. The van der Waals surface area contributed by atoms with Crippen molar-refractivity contribution < 1.29 is 27.8 Å². The van der Waals surface area contributed by atoms with Gasteiger partial charge < -0.3 is 14.6 Å². The van der Waals surface area contributed by atoms with Crippen molar-refractivity contribution >= 4 is 33.2 Å². The van der Waals surface area contributed by atoms with E-state index in [0.717, 1.165) is 5.56 Å². The Morgan fingerprint density at radius 3 is 2.44 bits per heavy atom. The van der Waals surface area contributed by atoms with E-state index in [4.69, 9.17) is 9.47 Å². The molecule has 0 fully saturated rings. The number of carbonyl (C=O) groups is 1. The third-order valence-electron chi connectivity index (χ3n) is 3.75. The van der Waals surface area contributed by atoms with Gasteiger partial charge in [-0.05, 0) is 48.4 Å². The Kier molecular flexibility index (Phi) is 7.11. The maximum Gasteiger partial charge on any atom is 0.336 e. The summed E-state index contributed by atoms with van der Waals surface area (Å²) in [6, 6.07) is 7.83. The van der Waals surface area contributed by atoms with Gasteiger partial charge in [0.25, 0.3) is 10.0 Å². The number of thiophene rings is 1. The minimum absolute atomic E-state index is 0.0163. The van der Waals surface area contributed by atoms with E-state index in [1.54, 1.807) is 35.9 Å². The van der Waals surface area contributed by atoms with Crippen molar-refractivity contribution in [2.24, 2.45) is 4.40 Å². The molecule has 2 unspecified atom stereocenters. The van der Waals surface area contributed by atoms with E-state index in [1.807, 2.05) is 6.92 Å². The van der Waals surface area contributed by atoms with Crippen molar-refractivity contribution in [3.8, 4) is 0 Å². The zero-order valence-electron chi connectivity index (χ0n) is 15.2. The summed E-state index contributed by atoms with van der Waals surface area (Å²) in [4.78, 5) is 12.0. The topological polar surface area (TPSA) is 102 Å². The van der Waals surface area contributed by atoms with Crippen LogP contribution in [0.5, 0.6) is 0 Å². The number of hydrogen-bond acceptors (Lipinski definition) is 7. The van der Waals surface area contributed by atoms with Gasteiger partial charge >= 0.3 is 5.97 Å². The van der Waals surface area contributed by atoms with Crippen molar-refractivity contribution in [1.29, 1.82) is 0 Å². The molecule has 2 atom stereocenters. The number of ether oxygens (including phenoxy) is 2. The Balaban J connectivity index is 2.49. The van der Waals surface area contributed by atoms with Crippen LogP contribution in [0, 0.1) is 6.92 Å². The van der Waals surface area contributed by atoms with Gasteiger partial charge in [-0.15, -0.1) is 4.40 Å². The molecule has 0 saturated heterocycles. The summed E-state index contributed by atoms with van der Waals surface area (Å²) in [5.74, 6) is -2.29. The number of rotatable bonds is 7. The SMILES string of the molecule is CCOC(=O)C(O)C(/C(=N/S(=O)(=O)c1ccc(C)cc1)OC)c1ccsc1. The van der Waals surface area contributed by atoms with Crippen LogP contribution in [-0.4, -0.2) is 45.2 Å². The molecule has 146 valence electrons. The number of benzene rings is 1. The summed E-state index contributed by atoms with van der Waals surface area (Å²) in [7, 11) is -2.86. The molecule has 27 heavy (non-hydrogen) atoms. The van der Waals surface area contributed by atoms with E-state index in [-0.39, 0.29) is 17.4 Å². The molecule has 0 amide bonds. The van der Waals surface area contributed by atoms with Crippen LogP contribution in [0.1, 0.15) is 24.0 Å². The average Bonchev–Trinajstić information content (AvgIpc) is 3.15. The Morgan fingerprint density at radius 2 is 1.93 bits per heavy atom. The minimum Gasteiger partial charge on any atom is -0.483 e. The lowest BCUT2D eigenvalue weighted by Crippen LogP contribution is -2.35. The molecule has 0 spiro atoms. The number of aryl methyl sites for hydroxylation is 1. The standard InChI is InChI=1S/C18H21NO6S2/c1-4-25-18(21)16(20)15(13-9-10-26-11-13)17(24-3)19-27(22,23)14-7-5-12(2)6-8-14/h5-11,15-16,20H,4H2,1-3H3/b19-17-. The molecule has 1 heterocycles. The molecule has 0 saturated carbocycles. The summed E-state index contributed by atoms with van der Waals surface area (Å²) >= 11 is 1.33. The Labute approximate surface area is 162 Å². The van der Waals surface area contributed by atoms with E-state index in [0.29, 0.717) is 5.56 Å². The molecule has 0 aliphatic rings. The van der Waals surface area contributed by atoms with Gasteiger partial charge in [0, 0.05) is 0 Å². The molecule has 9 heteroatoms. The number of esters is 1. The minimum atomic E-state index is -4.09. The fourth-order valence-corrected chi connectivity index (χ4v) is 4.09. The van der Waals surface area contributed by atoms with Gasteiger partial charge in [-0.3, -0.25) is 0 Å². The van der Waals surface area contributed by atoms with Gasteiger partial charge in [0.15, 0.2) is 6.10 Å². The third kappa shape index (κ3) is 5.15. The monoisotopic (exact) mass is 411 g/mol. The normalized spacial score (nSPS) is 14.4. The first-order chi connectivity index (χ1) is 12.8. The van der Waals surface area contributed by atoms with Gasteiger partial charge in [-0.1, -0.05) is 17.7 Å². The zero-order valence-corrected chi connectivity index (χ0v) is 16.8. The van der Waals surface area contributed by atoms with E-state index in [1.165, 1.54) is 30.6 Å². The molecule has 0 aliphatic heterocycles. The molecule has 1 N–H and O–H groups in total. The summed E-state index contributed by atoms with van der Waals surface area (Å²) < 4.78 is 39.1. The van der Waals surface area contributed by atoms with Crippen LogP contribution in [0.3, 0.4) is 0 Å². The van der Waals surface area contributed by atoms with Gasteiger partial charge in [0.1, 0.15) is 0 Å². The summed E-state index contributed by atoms with van der Waals surface area (Å²) in [5, 5.41) is 13.9. The highest BCUT2D eigenvalue weighted by Crippen LogP contribution is 2.27. The molecular weight excluding hydrogens is 390 g/mol. The number of carbonyl (C=O) groups excluding carboxylic acids is 1. The summed E-state index contributed by atoms with van der Waals surface area (Å²) in [5.41, 5.74) is 1.40. The molecule has 1 aromatic carbocycles. The van der Waals surface area contributed by atoms with E-state index in [2.05, 4.69) is 4.40 Å². The summed E-state index contributed by atoms with van der Waals surface area (Å²) in [6.45, 7) is 3.52. The molecule has 0 radical (unpaired) electrons. The van der Waals surface area contributed by atoms with Gasteiger partial charge in [0.05, 0.1) is 24.5 Å². The lowest BCUT2D eigenvalue weighted by molar-refractivity contribution is -0.153. The van der Waals surface area contributed by atoms with Gasteiger partial charge in [0.2, 0.25) is 5.90 Å². The van der Waals surface area contributed by atoms with Crippen molar-refractivity contribution in [3.05, 3.63) is 52.2 Å². The van der Waals surface area contributed by atoms with Crippen molar-refractivity contribution in [3.63, 3.8) is 0 Å². The van der Waals surface area contributed by atoms with Crippen LogP contribution in [0.15, 0.2) is 50.4 Å². The van der Waals surface area contributed by atoms with Crippen LogP contribution >= 0.6 is 11.3 Å². The fraction of sp³-hybridized carbons (Fsp3) is 0.333. The van der Waals surface area contributed by atoms with Gasteiger partial charge in [-0.25, -0.2) is 4.79 Å². The zero-order chi connectivity index (χ0) is 20.0. The molecule has 1 aromatic heterocycles. The second kappa shape index (κ2) is 9.12. The first-order valence-corrected chi connectivity index (χ1v) is 10.5. The van der Waals surface area contributed by atoms with Crippen LogP contribution in [0.4, 0.5) is 0 Å². The third-order valence-corrected chi connectivity index (χ3v) is 5.74. The van der Waals surface area contributed by atoms with Crippen LogP contribution < -0.4 is 0 Å². The molecule has 2 aromatic rings. The molecule has 2 rings (SSSR count). The van der Waals surface area contributed by atoms with Crippen LogP contribution in [0.2, 0.25) is 0 Å². The number of aliphatic hydroxyl groups excluding tert-OH is 1. The van der Waals surface area contributed by atoms with Crippen molar-refractivity contribution in [1.82, 2.24) is 0 Å². The average molecular weight is 412 g/mol. The number of nitrogens with zero attached hydrogens (tertiary/aromatic N) is 1. The quantitative estimate of drug-likeness (QED) is 0.427. The van der Waals surface area contributed by atoms with Crippen molar-refractivity contribution in [2.45, 2.75) is 30.8 Å². The van der Waals surface area contributed by atoms with Gasteiger partial charge in [-0.2, -0.15) is 19.8 Å². The second-order valence-electron chi connectivity index (χ2n) is 5.65. The maximum atomic E-state index is 12.6. The summed E-state index contributed by atoms with van der Waals surface area (Å²) in [6.07, 6.45) is -1.66. The largest absolute Gasteiger partial charge is 0.483 e. The van der Waals surface area contributed by atoms with E-state index >= 15 is 0 Å². The highest BCUT2D eigenvalue weighted by molar-refractivity contribution is 7.90. The predicted octanol–water partition coefficient (Wildman–Crippen LogP) is 2.50. The highest BCUT2D eigenvalue weighted by Gasteiger charge is 2.35. The van der Waals surface area contributed by atoms with Crippen molar-refractivity contribution in [2.75, 3.05) is 13.7 Å². The molecule has 7 nitrogen and oxygen atoms in total. The Morgan fingerprint density at radius 1 is 1.26 bits per heavy atom.